The summed E-state index contributed by atoms with van der Waals surface area (Å²) >= 11 is 4.24. The van der Waals surface area contributed by atoms with Crippen LogP contribution in [-0.4, -0.2) is 78.0 Å². The van der Waals surface area contributed by atoms with Crippen LogP contribution in [0.1, 0.15) is 160 Å². The number of carbonyl (C=O) groups is 3. The van der Waals surface area contributed by atoms with Crippen molar-refractivity contribution >= 4 is 120 Å². The summed E-state index contributed by atoms with van der Waals surface area (Å²) in [5.41, 5.74) is 4.49. The van der Waals surface area contributed by atoms with Gasteiger partial charge in [0.2, 0.25) is 5.91 Å². The molecule has 6 rings (SSSR count). The number of hydrogen-bond donors (Lipinski definition) is 0. The Bertz CT molecular complexity index is 2920. The number of ether oxygens (including phenoxy) is 2. The molecule has 0 aliphatic heterocycles. The van der Waals surface area contributed by atoms with Gasteiger partial charge in [-0.1, -0.05) is 78.9 Å². The van der Waals surface area contributed by atoms with Crippen molar-refractivity contribution in [2.24, 2.45) is 0 Å². The molecule has 0 fully saturated rings. The summed E-state index contributed by atoms with van der Waals surface area (Å²) in [6.45, 7) is 13.0. The minimum Gasteiger partial charge on any atom is -0.494 e. The van der Waals surface area contributed by atoms with E-state index < -0.39 is 19.7 Å². The fourth-order valence-electron chi connectivity index (χ4n) is 8.20. The van der Waals surface area contributed by atoms with Crippen molar-refractivity contribution in [1.82, 2.24) is 4.90 Å². The van der Waals surface area contributed by atoms with Gasteiger partial charge in [0.25, 0.3) is 0 Å². The predicted octanol–water partition coefficient (Wildman–Crippen LogP) is 14.9. The summed E-state index contributed by atoms with van der Waals surface area (Å²) in [6.07, 6.45) is 13.8. The Labute approximate surface area is 480 Å². The van der Waals surface area contributed by atoms with Gasteiger partial charge in [0.15, 0.2) is 31.2 Å². The number of unbranched alkanes of at least 4 members (excludes halogenated alkanes) is 5. The van der Waals surface area contributed by atoms with Gasteiger partial charge in [-0.3, -0.25) is 14.4 Å². The van der Waals surface area contributed by atoms with E-state index in [0.29, 0.717) is 98.5 Å². The zero-order valence-electron chi connectivity index (χ0n) is 43.9. The molecule has 74 heavy (non-hydrogen) atoms. The van der Waals surface area contributed by atoms with Gasteiger partial charge in [0.1, 0.15) is 34.2 Å². The van der Waals surface area contributed by atoms with Crippen LogP contribution >= 0.6 is 61.2 Å². The molecule has 0 N–H and O–H groups in total. The second kappa shape index (κ2) is 32.9. The first-order valence-corrected chi connectivity index (χ1v) is 35.8. The number of furan rings is 2. The standard InChI is InChI=1S/C32H43NO6S.C25H30O5S.I2.HI/c1-5-8-11-29-31(27-22-24(23-40(4,36)37)12-17-28(27)39-29)32(35)25-13-15-26(16-14-25)38-21-18-30(34)33(19-9-6-2)20-10-7-3;1-4-6-8-23-24(21-16-18(17-31(3,27)28)9-14-22(21)30-23)25(26)19-10-12-20(13-11-19)29-15-7-5-2;1-2;/h12-17,22H,5-11,18-21,23H2,1-4H3;9-14,16H,4-8,15,17H2,1-3H3;;1H. The van der Waals surface area contributed by atoms with Gasteiger partial charge in [0, 0.05) is 97.6 Å². The van der Waals surface area contributed by atoms with Gasteiger partial charge >= 0.3 is 0 Å². The second-order valence-corrected chi connectivity index (χ2v) is 22.7. The van der Waals surface area contributed by atoms with Gasteiger partial charge < -0.3 is 23.2 Å². The second-order valence-electron chi connectivity index (χ2n) is 18.4. The normalized spacial score (nSPS) is 11.3. The fourth-order valence-corrected chi connectivity index (χ4v) is 9.77. The smallest absolute Gasteiger partial charge is 0.225 e. The average molecular weight is 1390 g/mol. The lowest BCUT2D eigenvalue weighted by atomic mass is 9.97. The third-order valence-electron chi connectivity index (χ3n) is 12.0. The van der Waals surface area contributed by atoms with Crippen LogP contribution in [0.4, 0.5) is 0 Å². The van der Waals surface area contributed by atoms with Crippen molar-refractivity contribution < 1.29 is 49.5 Å². The SMILES string of the molecule is CCCCOc1ccc(C(=O)c2c(CCCC)oc3ccc(CS(C)(=O)=O)cc23)cc1.CCCCc1oc2ccc(CS(C)(=O)=O)cc2c1C(=O)c1ccc(OCCC(=O)N(CCCC)CCCC)cc1.I.II. The summed E-state index contributed by atoms with van der Waals surface area (Å²) in [5.74, 6) is 2.24. The largest absolute Gasteiger partial charge is 0.494 e. The molecule has 0 atom stereocenters. The van der Waals surface area contributed by atoms with Gasteiger partial charge in [-0.15, -0.1) is 24.0 Å². The van der Waals surface area contributed by atoms with Crippen LogP contribution in [0.15, 0.2) is 93.8 Å². The van der Waals surface area contributed by atoms with Crippen LogP contribution in [0.2, 0.25) is 0 Å². The van der Waals surface area contributed by atoms with Crippen molar-refractivity contribution in [3.05, 3.63) is 130 Å². The van der Waals surface area contributed by atoms with E-state index in [9.17, 15) is 31.2 Å². The molecule has 0 radical (unpaired) electrons. The Balaban J connectivity index is 0.000000383. The molecule has 406 valence electrons. The molecule has 0 spiro atoms. The number of fused-ring (bicyclic) bond motifs is 2. The van der Waals surface area contributed by atoms with Crippen molar-refractivity contribution in [3.63, 3.8) is 0 Å². The highest BCUT2D eigenvalue weighted by atomic mass is 128. The molecule has 0 saturated carbocycles. The maximum atomic E-state index is 13.7. The first kappa shape index (κ1) is 64.7. The molecular formula is C57H74I3NO11S2. The number of ketones is 2. The Morgan fingerprint density at radius 1 is 0.527 bits per heavy atom. The van der Waals surface area contributed by atoms with E-state index in [0.717, 1.165) is 83.0 Å². The number of nitrogens with zero attached hydrogens (tertiary/aromatic N) is 1. The van der Waals surface area contributed by atoms with E-state index in [1.54, 1.807) is 72.8 Å². The third kappa shape index (κ3) is 20.4. The summed E-state index contributed by atoms with van der Waals surface area (Å²) in [7, 11) is -6.41. The van der Waals surface area contributed by atoms with Gasteiger partial charge in [-0.05, 0) is 116 Å². The van der Waals surface area contributed by atoms with E-state index in [2.05, 4.69) is 71.9 Å². The summed E-state index contributed by atoms with van der Waals surface area (Å²) in [4.78, 5) is 41.8. The number of rotatable bonds is 28. The minimum absolute atomic E-state index is 0. The molecule has 6 aromatic rings. The lowest BCUT2D eigenvalue weighted by Crippen LogP contribution is -2.33. The summed E-state index contributed by atoms with van der Waals surface area (Å²) in [6, 6.07) is 24.6. The third-order valence-corrected chi connectivity index (χ3v) is 13.7. The molecule has 1 amide bonds. The number of carbonyl (C=O) groups excluding carboxylic acids is 3. The van der Waals surface area contributed by atoms with Crippen LogP contribution in [0, 0.1) is 0 Å². The van der Waals surface area contributed by atoms with Crippen LogP contribution in [0.5, 0.6) is 11.5 Å². The Kier molecular flexibility index (Phi) is 28.8. The molecule has 4 aromatic carbocycles. The first-order valence-electron chi connectivity index (χ1n) is 25.4. The van der Waals surface area contributed by atoms with E-state index in [-0.39, 0.29) is 59.6 Å². The van der Waals surface area contributed by atoms with Gasteiger partial charge in [-0.2, -0.15) is 0 Å². The fraction of sp³-hybridized carbons (Fsp3) is 0.456. The van der Waals surface area contributed by atoms with E-state index in [1.807, 2.05) is 17.0 Å². The lowest BCUT2D eigenvalue weighted by Gasteiger charge is -2.22. The number of hydrogen-bond acceptors (Lipinski definition) is 11. The van der Waals surface area contributed by atoms with Gasteiger partial charge in [-0.25, -0.2) is 16.8 Å². The quantitative estimate of drug-likeness (QED) is 0.0260. The summed E-state index contributed by atoms with van der Waals surface area (Å²) in [5, 5.41) is 1.30. The number of halogens is 3. The Hall–Kier alpha value is -3.54. The van der Waals surface area contributed by atoms with Crippen LogP contribution in [-0.2, 0) is 48.8 Å². The molecule has 2 heterocycles. The zero-order valence-corrected chi connectivity index (χ0v) is 52.2. The molecule has 0 bridgehead atoms. The van der Waals surface area contributed by atoms with Crippen molar-refractivity contribution in [2.75, 3.05) is 38.8 Å². The predicted molar refractivity (Wildman–Crippen MR) is 327 cm³/mol. The van der Waals surface area contributed by atoms with Crippen molar-refractivity contribution in [2.45, 2.75) is 130 Å². The molecule has 12 nitrogen and oxygen atoms in total. The molecule has 17 heteroatoms. The highest BCUT2D eigenvalue weighted by Crippen LogP contribution is 2.33. The molecule has 0 aliphatic carbocycles. The monoisotopic (exact) mass is 1390 g/mol. The minimum atomic E-state index is -3.22. The maximum Gasteiger partial charge on any atom is 0.225 e. The number of benzene rings is 4. The lowest BCUT2D eigenvalue weighted by molar-refractivity contribution is -0.131. The first-order chi connectivity index (χ1) is 35.0. The van der Waals surface area contributed by atoms with Crippen molar-refractivity contribution in [3.8, 4) is 11.5 Å². The molecule has 0 saturated heterocycles. The van der Waals surface area contributed by atoms with Crippen LogP contribution in [0.25, 0.3) is 21.9 Å². The Morgan fingerprint density at radius 2 is 0.905 bits per heavy atom. The molecule has 2 aromatic heterocycles. The highest BCUT2D eigenvalue weighted by molar-refractivity contribution is 15.0. The number of sulfone groups is 2. The highest BCUT2D eigenvalue weighted by Gasteiger charge is 2.25. The van der Waals surface area contributed by atoms with Crippen LogP contribution in [0.3, 0.4) is 0 Å². The van der Waals surface area contributed by atoms with Gasteiger partial charge in [0.05, 0.1) is 42.3 Å². The molecular weight excluding hydrogens is 1320 g/mol. The van der Waals surface area contributed by atoms with E-state index in [4.69, 9.17) is 18.3 Å². The topological polar surface area (TPSA) is 167 Å². The molecule has 0 unspecified atom stereocenters. The number of aryl methyl sites for hydroxylation is 2. The molecule has 0 aliphatic rings. The van der Waals surface area contributed by atoms with Crippen LogP contribution < -0.4 is 9.47 Å². The van der Waals surface area contributed by atoms with Crippen molar-refractivity contribution in [1.29, 1.82) is 0 Å². The van der Waals surface area contributed by atoms with E-state index >= 15 is 0 Å². The Morgan fingerprint density at radius 3 is 1.27 bits per heavy atom. The van der Waals surface area contributed by atoms with E-state index in [1.165, 1.54) is 12.5 Å². The number of amides is 1. The summed E-state index contributed by atoms with van der Waals surface area (Å²) < 4.78 is 70.8. The maximum absolute atomic E-state index is 13.7. The average Bonchev–Trinajstić information content (AvgIpc) is 3.92. The zero-order chi connectivity index (χ0) is 53.6.